The van der Waals surface area contributed by atoms with Crippen molar-refractivity contribution in [2.24, 2.45) is 33.8 Å². The standard InChI is InChI=1S/3C8H15N.C7H14N2/c3*1-3-8(9)5-4-7(2)6-8;1-3-7(8)4-6(2)9-5-7/h6H,3-5,9H2,1-2H3;4H,3,5-6,9H2,1-2H3;4-5,7H,3,6,9H2,1-2H3;3-5,8H2,1-2H3. The summed E-state index contributed by atoms with van der Waals surface area (Å²) in [4.78, 5) is 4.25. The van der Waals surface area contributed by atoms with E-state index in [1.54, 1.807) is 0 Å². The van der Waals surface area contributed by atoms with Crippen molar-refractivity contribution < 1.29 is 0 Å². The summed E-state index contributed by atoms with van der Waals surface area (Å²) in [5.74, 6) is 0.690. The molecule has 1 heterocycles. The number of aliphatic imine (C=N–C) groups is 1. The van der Waals surface area contributed by atoms with E-state index in [9.17, 15) is 0 Å². The van der Waals surface area contributed by atoms with Gasteiger partial charge in [0, 0.05) is 34.3 Å². The second kappa shape index (κ2) is 14.0. The van der Waals surface area contributed by atoms with E-state index < -0.39 is 0 Å². The molecule has 0 fully saturated rings. The van der Waals surface area contributed by atoms with E-state index in [1.165, 1.54) is 23.3 Å². The van der Waals surface area contributed by atoms with Crippen LogP contribution in [0.5, 0.6) is 0 Å². The highest BCUT2D eigenvalue weighted by Crippen LogP contribution is 2.29. The van der Waals surface area contributed by atoms with Gasteiger partial charge in [-0.3, -0.25) is 4.99 Å². The van der Waals surface area contributed by atoms with Crippen LogP contribution < -0.4 is 22.9 Å². The molecule has 1 aliphatic heterocycles. The molecule has 0 amide bonds. The molecule has 5 unspecified atom stereocenters. The van der Waals surface area contributed by atoms with Crippen molar-refractivity contribution in [2.75, 3.05) is 6.54 Å². The Hall–Kier alpha value is -1.27. The third-order valence-electron chi connectivity index (χ3n) is 8.46. The molecule has 0 bridgehead atoms. The Labute approximate surface area is 223 Å². The minimum absolute atomic E-state index is 0.00405. The van der Waals surface area contributed by atoms with Crippen molar-refractivity contribution >= 4 is 5.71 Å². The van der Waals surface area contributed by atoms with Gasteiger partial charge in [0.05, 0.1) is 6.54 Å². The molecule has 4 rings (SSSR count). The van der Waals surface area contributed by atoms with Crippen LogP contribution in [-0.4, -0.2) is 34.4 Å². The van der Waals surface area contributed by atoms with E-state index in [2.05, 4.69) is 77.8 Å². The fourth-order valence-corrected chi connectivity index (χ4v) is 5.19. The van der Waals surface area contributed by atoms with Crippen molar-refractivity contribution in [2.45, 2.75) is 142 Å². The monoisotopic (exact) mass is 501 g/mol. The van der Waals surface area contributed by atoms with Gasteiger partial charge in [0.25, 0.3) is 0 Å². The first-order valence-corrected chi connectivity index (χ1v) is 14.3. The number of nitrogens with zero attached hydrogens (tertiary/aromatic N) is 1. The van der Waals surface area contributed by atoms with Crippen LogP contribution in [-0.2, 0) is 0 Å². The van der Waals surface area contributed by atoms with Crippen molar-refractivity contribution in [1.29, 1.82) is 0 Å². The lowest BCUT2D eigenvalue weighted by Crippen LogP contribution is -2.40. The summed E-state index contributed by atoms with van der Waals surface area (Å²) in [5.41, 5.74) is 28.2. The molecule has 5 atom stereocenters. The molecule has 5 heteroatoms. The largest absolute Gasteiger partial charge is 0.325 e. The molecule has 0 saturated heterocycles. The average molecular weight is 502 g/mol. The minimum atomic E-state index is 0.00405. The topological polar surface area (TPSA) is 116 Å². The van der Waals surface area contributed by atoms with Crippen molar-refractivity contribution in [1.82, 2.24) is 0 Å². The highest BCUT2D eigenvalue weighted by atomic mass is 14.9. The summed E-state index contributed by atoms with van der Waals surface area (Å²) in [6.45, 7) is 18.0. The van der Waals surface area contributed by atoms with Crippen LogP contribution in [0.3, 0.4) is 0 Å². The molecule has 0 aromatic heterocycles. The van der Waals surface area contributed by atoms with Gasteiger partial charge in [-0.1, -0.05) is 70.1 Å². The van der Waals surface area contributed by atoms with E-state index in [0.29, 0.717) is 5.92 Å². The third-order valence-corrected chi connectivity index (χ3v) is 8.46. The molecule has 0 saturated carbocycles. The molecule has 5 nitrogen and oxygen atoms in total. The molecule has 208 valence electrons. The molecular weight excluding hydrogens is 442 g/mol. The van der Waals surface area contributed by atoms with Gasteiger partial charge in [-0.05, 0) is 84.5 Å². The molecule has 0 radical (unpaired) electrons. The lowest BCUT2D eigenvalue weighted by molar-refractivity contribution is 0.435. The molecule has 3 aliphatic carbocycles. The Morgan fingerprint density at radius 2 is 1.44 bits per heavy atom. The van der Waals surface area contributed by atoms with E-state index in [-0.39, 0.29) is 22.2 Å². The maximum absolute atomic E-state index is 6.00. The Kier molecular flexibility index (Phi) is 12.8. The average Bonchev–Trinajstić information content (AvgIpc) is 3.58. The maximum atomic E-state index is 6.00. The van der Waals surface area contributed by atoms with Crippen LogP contribution in [0.15, 0.2) is 40.4 Å². The second-order valence-corrected chi connectivity index (χ2v) is 12.3. The van der Waals surface area contributed by atoms with Gasteiger partial charge in [0.1, 0.15) is 0 Å². The maximum Gasteiger partial charge on any atom is 0.0572 e. The first-order valence-electron chi connectivity index (χ1n) is 14.3. The highest BCUT2D eigenvalue weighted by Gasteiger charge is 2.28. The van der Waals surface area contributed by atoms with Crippen molar-refractivity contribution in [3.05, 3.63) is 35.5 Å². The lowest BCUT2D eigenvalue weighted by Gasteiger charge is -2.21. The van der Waals surface area contributed by atoms with Crippen LogP contribution in [0.1, 0.15) is 120 Å². The summed E-state index contributed by atoms with van der Waals surface area (Å²) < 4.78 is 0. The van der Waals surface area contributed by atoms with E-state index in [4.69, 9.17) is 22.9 Å². The lowest BCUT2D eigenvalue weighted by atomic mass is 9.94. The summed E-state index contributed by atoms with van der Waals surface area (Å²) in [6, 6.07) is 0. The molecule has 0 spiro atoms. The smallest absolute Gasteiger partial charge is 0.0572 e. The van der Waals surface area contributed by atoms with Gasteiger partial charge in [-0.15, -0.1) is 0 Å². The van der Waals surface area contributed by atoms with Gasteiger partial charge in [-0.2, -0.15) is 0 Å². The Morgan fingerprint density at radius 1 is 0.833 bits per heavy atom. The first-order chi connectivity index (χ1) is 16.6. The van der Waals surface area contributed by atoms with Gasteiger partial charge in [0.15, 0.2) is 0 Å². The van der Waals surface area contributed by atoms with Crippen LogP contribution in [0.4, 0.5) is 0 Å². The number of allylic oxidation sites excluding steroid dienone is 2. The normalized spacial score (nSPS) is 36.6. The van der Waals surface area contributed by atoms with Gasteiger partial charge >= 0.3 is 0 Å². The Balaban J connectivity index is 0.000000240. The molecule has 4 aliphatic rings. The third kappa shape index (κ3) is 11.0. The van der Waals surface area contributed by atoms with Gasteiger partial charge < -0.3 is 22.9 Å². The molecule has 8 N–H and O–H groups in total. The molecular formula is C31H59N5. The van der Waals surface area contributed by atoms with Crippen molar-refractivity contribution in [3.63, 3.8) is 0 Å². The number of nitrogens with two attached hydrogens (primary N) is 4. The van der Waals surface area contributed by atoms with Crippen LogP contribution in [0.25, 0.3) is 0 Å². The van der Waals surface area contributed by atoms with Crippen LogP contribution in [0.2, 0.25) is 0 Å². The first kappa shape index (κ1) is 32.8. The second-order valence-electron chi connectivity index (χ2n) is 12.3. The van der Waals surface area contributed by atoms with E-state index >= 15 is 0 Å². The zero-order chi connectivity index (χ0) is 27.6. The fraction of sp³-hybridized carbons (Fsp3) is 0.774. The van der Waals surface area contributed by atoms with Crippen molar-refractivity contribution in [3.8, 4) is 0 Å². The minimum Gasteiger partial charge on any atom is -0.325 e. The van der Waals surface area contributed by atoms with Gasteiger partial charge in [-0.25, -0.2) is 0 Å². The summed E-state index contributed by atoms with van der Waals surface area (Å²) in [6.07, 6.45) is 19.7. The zero-order valence-electron chi connectivity index (χ0n) is 24.9. The summed E-state index contributed by atoms with van der Waals surface area (Å²) in [7, 11) is 0. The predicted molar refractivity (Wildman–Crippen MR) is 160 cm³/mol. The number of hydrogen-bond acceptors (Lipinski definition) is 5. The Morgan fingerprint density at radius 3 is 1.67 bits per heavy atom. The molecule has 0 aromatic carbocycles. The zero-order valence-corrected chi connectivity index (χ0v) is 24.9. The summed E-state index contributed by atoms with van der Waals surface area (Å²) in [5, 5.41) is 0. The van der Waals surface area contributed by atoms with E-state index in [1.807, 2.05) is 6.92 Å². The van der Waals surface area contributed by atoms with E-state index in [0.717, 1.165) is 64.3 Å². The number of hydrogen-bond donors (Lipinski definition) is 4. The van der Waals surface area contributed by atoms with Crippen LogP contribution >= 0.6 is 0 Å². The molecule has 0 aromatic rings. The summed E-state index contributed by atoms with van der Waals surface area (Å²) >= 11 is 0. The number of rotatable bonds is 4. The SMILES string of the molecule is CCC1(N)C=C(C)CC1.CCC1(N)C=CC(C)C1.CCC1(N)CC=C(C)C1.CCC1(N)CN=C(C)C1. The Bertz CT molecular complexity index is 778. The van der Waals surface area contributed by atoms with Gasteiger partial charge in [0.2, 0.25) is 0 Å². The van der Waals surface area contributed by atoms with Crippen LogP contribution in [0, 0.1) is 5.92 Å². The molecule has 36 heavy (non-hydrogen) atoms. The fourth-order valence-electron chi connectivity index (χ4n) is 5.19. The predicted octanol–water partition coefficient (Wildman–Crippen LogP) is 6.32. The quantitative estimate of drug-likeness (QED) is 0.337. The highest BCUT2D eigenvalue weighted by molar-refractivity contribution is 5.84.